The van der Waals surface area contributed by atoms with E-state index in [1.54, 1.807) is 46.1 Å². The molecule has 0 amide bonds. The fraction of sp³-hybridized carbons (Fsp3) is 0.357. The van der Waals surface area contributed by atoms with Crippen molar-refractivity contribution in [3.8, 4) is 11.6 Å². The van der Waals surface area contributed by atoms with Crippen molar-refractivity contribution in [2.75, 3.05) is 55.3 Å². The third kappa shape index (κ3) is 5.64. The van der Waals surface area contributed by atoms with E-state index in [-0.39, 0.29) is 0 Å². The second-order valence-corrected chi connectivity index (χ2v) is 13.1. The van der Waals surface area contributed by atoms with Crippen LogP contribution in [0.1, 0.15) is 20.8 Å². The van der Waals surface area contributed by atoms with E-state index in [0.717, 1.165) is 42.9 Å². The summed E-state index contributed by atoms with van der Waals surface area (Å²) in [6, 6.07) is 17.4. The first kappa shape index (κ1) is 26.8. The second-order valence-electron chi connectivity index (χ2n) is 10.7. The van der Waals surface area contributed by atoms with Gasteiger partial charge in [0.25, 0.3) is 0 Å². The van der Waals surface area contributed by atoms with Gasteiger partial charge in [0.1, 0.15) is 0 Å². The van der Waals surface area contributed by atoms with Crippen molar-refractivity contribution in [2.45, 2.75) is 25.5 Å². The molecular weight excluding hydrogens is 514 g/mol. The lowest BCUT2D eigenvalue weighted by atomic mass is 10.2. The van der Waals surface area contributed by atoms with Crippen LogP contribution in [0.3, 0.4) is 0 Å². The van der Waals surface area contributed by atoms with Crippen LogP contribution in [0.5, 0.6) is 5.88 Å². The number of rotatable bonds is 7. The Bertz CT molecular complexity index is 1570. The number of hydrogen-bond acceptors (Lipinski definition) is 8. The summed E-state index contributed by atoms with van der Waals surface area (Å²) in [5.74, 6) is 0.844. The highest BCUT2D eigenvalue weighted by Gasteiger charge is 2.29. The van der Waals surface area contributed by atoms with Gasteiger partial charge in [-0.05, 0) is 76.3 Å². The van der Waals surface area contributed by atoms with Crippen molar-refractivity contribution in [3.05, 3.63) is 60.8 Å². The maximum atomic E-state index is 12.7. The van der Waals surface area contributed by atoms with Gasteiger partial charge < -0.3 is 24.4 Å². The van der Waals surface area contributed by atoms with Gasteiger partial charge in [-0.25, -0.2) is 8.42 Å². The minimum Gasteiger partial charge on any atom is -0.480 e. The Labute approximate surface area is 229 Å². The van der Waals surface area contributed by atoms with Gasteiger partial charge in [-0.3, -0.25) is 4.72 Å². The number of nitrogens with one attached hydrogen (secondary N) is 2. The number of benzene rings is 2. The van der Waals surface area contributed by atoms with Gasteiger partial charge in [-0.1, -0.05) is 6.07 Å². The van der Waals surface area contributed by atoms with Crippen LogP contribution in [0.4, 0.5) is 23.0 Å². The molecule has 0 atom stereocenters. The van der Waals surface area contributed by atoms with Crippen LogP contribution in [0.25, 0.3) is 16.7 Å². The van der Waals surface area contributed by atoms with E-state index in [0.29, 0.717) is 23.2 Å². The lowest BCUT2D eigenvalue weighted by Gasteiger charge is -2.34. The molecule has 0 aliphatic carbocycles. The van der Waals surface area contributed by atoms with Crippen molar-refractivity contribution < 1.29 is 13.2 Å². The van der Waals surface area contributed by atoms with Crippen molar-refractivity contribution in [1.82, 2.24) is 19.4 Å². The molecule has 1 aliphatic heterocycles. The lowest BCUT2D eigenvalue weighted by Crippen LogP contribution is -2.44. The Balaban J connectivity index is 1.43. The highest BCUT2D eigenvalue weighted by Crippen LogP contribution is 2.30. The largest absolute Gasteiger partial charge is 0.480 e. The quantitative estimate of drug-likeness (QED) is 0.348. The molecule has 1 fully saturated rings. The Morgan fingerprint density at radius 3 is 2.28 bits per heavy atom. The van der Waals surface area contributed by atoms with Gasteiger partial charge in [-0.2, -0.15) is 9.97 Å². The molecule has 5 rings (SSSR count). The average molecular weight is 550 g/mol. The van der Waals surface area contributed by atoms with Gasteiger partial charge in [0, 0.05) is 49.4 Å². The second kappa shape index (κ2) is 10.4. The fourth-order valence-electron chi connectivity index (χ4n) is 4.38. The summed E-state index contributed by atoms with van der Waals surface area (Å²) in [5.41, 5.74) is 3.92. The van der Waals surface area contributed by atoms with Crippen LogP contribution < -0.4 is 19.7 Å². The summed E-state index contributed by atoms with van der Waals surface area (Å²) in [7, 11) is 0.165. The predicted octanol–water partition coefficient (Wildman–Crippen LogP) is 4.46. The van der Waals surface area contributed by atoms with Crippen LogP contribution in [0.2, 0.25) is 0 Å². The predicted molar refractivity (Wildman–Crippen MR) is 157 cm³/mol. The molecule has 0 bridgehead atoms. The van der Waals surface area contributed by atoms with E-state index in [4.69, 9.17) is 9.72 Å². The molecule has 0 radical (unpaired) electrons. The molecule has 1 aliphatic rings. The number of likely N-dealkylation sites (N-methyl/N-ethyl adjacent to an activating group) is 1. The Morgan fingerprint density at radius 2 is 1.62 bits per heavy atom. The van der Waals surface area contributed by atoms with Crippen molar-refractivity contribution >= 4 is 44.1 Å². The van der Waals surface area contributed by atoms with Gasteiger partial charge in [-0.15, -0.1) is 0 Å². The maximum Gasteiger partial charge on any atom is 0.237 e. The van der Waals surface area contributed by atoms with Gasteiger partial charge in [0.2, 0.25) is 21.9 Å². The topological polar surface area (TPSA) is 105 Å². The molecular formula is C28H35N7O3S. The zero-order chi connectivity index (χ0) is 27.8. The molecule has 2 aromatic heterocycles. The number of nitrogens with zero attached hydrogens (tertiary/aromatic N) is 5. The van der Waals surface area contributed by atoms with Crippen LogP contribution in [0, 0.1) is 0 Å². The van der Waals surface area contributed by atoms with Gasteiger partial charge in [0.05, 0.1) is 22.9 Å². The Kier molecular flexibility index (Phi) is 7.13. The number of piperazine rings is 1. The fourth-order valence-corrected chi connectivity index (χ4v) is 5.13. The van der Waals surface area contributed by atoms with Crippen LogP contribution in [-0.4, -0.2) is 72.9 Å². The van der Waals surface area contributed by atoms with Crippen LogP contribution >= 0.6 is 0 Å². The summed E-state index contributed by atoms with van der Waals surface area (Å²) in [6.07, 6.45) is 1.87. The summed E-state index contributed by atoms with van der Waals surface area (Å²) in [4.78, 5) is 14.1. The van der Waals surface area contributed by atoms with Crippen molar-refractivity contribution in [1.29, 1.82) is 0 Å². The SMILES string of the molecule is COc1nc(Nc2ccc(N3CCN(C)CC3)cc2)nc2c1ccn2-c1cccc(NS(=O)(=O)C(C)(C)C)c1. The smallest absolute Gasteiger partial charge is 0.237 e. The minimum atomic E-state index is -3.56. The monoisotopic (exact) mass is 549 g/mol. The lowest BCUT2D eigenvalue weighted by molar-refractivity contribution is 0.313. The zero-order valence-corrected chi connectivity index (χ0v) is 23.8. The molecule has 2 aromatic carbocycles. The van der Waals surface area contributed by atoms with E-state index in [1.807, 2.05) is 35.0 Å². The molecule has 0 saturated carbocycles. The summed E-state index contributed by atoms with van der Waals surface area (Å²) < 4.78 is 34.6. The maximum absolute atomic E-state index is 12.7. The molecule has 11 heteroatoms. The van der Waals surface area contributed by atoms with Gasteiger partial charge >= 0.3 is 0 Å². The third-order valence-electron chi connectivity index (χ3n) is 6.88. The van der Waals surface area contributed by atoms with Crippen LogP contribution in [-0.2, 0) is 10.0 Å². The van der Waals surface area contributed by atoms with E-state index in [9.17, 15) is 8.42 Å². The highest BCUT2D eigenvalue weighted by molar-refractivity contribution is 7.94. The number of anilines is 4. The Morgan fingerprint density at radius 1 is 0.897 bits per heavy atom. The standard InChI is InChI=1S/C28H35N7O3S/c1-28(2,3)39(36,37)32-21-7-6-8-23(19-21)35-14-13-24-25(35)30-27(31-26(24)38-5)29-20-9-11-22(12-10-20)34-17-15-33(4)16-18-34/h6-14,19,32H,15-18H2,1-5H3,(H,29,30,31). The molecule has 10 nitrogen and oxygen atoms in total. The number of ether oxygens (including phenoxy) is 1. The van der Waals surface area contributed by atoms with Crippen molar-refractivity contribution in [3.63, 3.8) is 0 Å². The summed E-state index contributed by atoms with van der Waals surface area (Å²) in [6.45, 7) is 9.12. The average Bonchev–Trinajstić information content (AvgIpc) is 3.32. The number of aromatic nitrogens is 3. The molecule has 206 valence electrons. The first-order valence-electron chi connectivity index (χ1n) is 12.9. The van der Waals surface area contributed by atoms with E-state index >= 15 is 0 Å². The molecule has 0 unspecified atom stereocenters. The highest BCUT2D eigenvalue weighted by atomic mass is 32.2. The van der Waals surface area contributed by atoms with Gasteiger partial charge in [0.15, 0.2) is 5.65 Å². The van der Waals surface area contributed by atoms with E-state index in [2.05, 4.69) is 44.0 Å². The summed E-state index contributed by atoms with van der Waals surface area (Å²) >= 11 is 0. The van der Waals surface area contributed by atoms with Crippen molar-refractivity contribution in [2.24, 2.45) is 0 Å². The number of fused-ring (bicyclic) bond motifs is 1. The first-order chi connectivity index (χ1) is 18.5. The van der Waals surface area contributed by atoms with Crippen LogP contribution in [0.15, 0.2) is 60.8 Å². The normalized spacial score (nSPS) is 14.9. The molecule has 2 N–H and O–H groups in total. The first-order valence-corrected chi connectivity index (χ1v) is 14.4. The molecule has 3 heterocycles. The number of hydrogen-bond donors (Lipinski definition) is 2. The molecule has 4 aromatic rings. The minimum absolute atomic E-state index is 0.399. The molecule has 39 heavy (non-hydrogen) atoms. The van der Waals surface area contributed by atoms with E-state index in [1.165, 1.54) is 5.69 Å². The number of sulfonamides is 1. The molecule has 1 saturated heterocycles. The van der Waals surface area contributed by atoms with E-state index < -0.39 is 14.8 Å². The number of methoxy groups -OCH3 is 1. The molecule has 0 spiro atoms. The zero-order valence-electron chi connectivity index (χ0n) is 23.0. The summed E-state index contributed by atoms with van der Waals surface area (Å²) in [5, 5.41) is 4.05. The third-order valence-corrected chi connectivity index (χ3v) is 8.99. The Hall–Kier alpha value is -3.83.